The van der Waals surface area contributed by atoms with E-state index in [1.54, 1.807) is 19.1 Å². The van der Waals surface area contributed by atoms with Crippen LogP contribution in [0.1, 0.15) is 18.7 Å². The van der Waals surface area contributed by atoms with Gasteiger partial charge in [-0.1, -0.05) is 0 Å². The maximum Gasteiger partial charge on any atom is 0.166 e. The van der Waals surface area contributed by atoms with E-state index in [0.717, 1.165) is 18.2 Å². The first kappa shape index (κ1) is 12.4. The molecule has 2 rings (SSSR count). The second-order valence-electron chi connectivity index (χ2n) is 3.88. The molecule has 1 aromatic heterocycles. The number of ether oxygens (including phenoxy) is 1. The minimum atomic E-state index is -0.632. The number of pyridine rings is 1. The molecule has 1 unspecified atom stereocenters. The molecule has 0 saturated carbocycles. The van der Waals surface area contributed by atoms with Gasteiger partial charge in [-0.25, -0.2) is 8.78 Å². The van der Waals surface area contributed by atoms with Crippen molar-refractivity contribution >= 4 is 0 Å². The summed E-state index contributed by atoms with van der Waals surface area (Å²) in [6.07, 6.45) is 1.42. The van der Waals surface area contributed by atoms with Crippen molar-refractivity contribution < 1.29 is 13.5 Å². The number of halogens is 2. The lowest BCUT2D eigenvalue weighted by molar-refractivity contribution is 0.434. The molecule has 0 bridgehead atoms. The Labute approximate surface area is 103 Å². The highest BCUT2D eigenvalue weighted by Crippen LogP contribution is 2.25. The van der Waals surface area contributed by atoms with Gasteiger partial charge in [-0.05, 0) is 31.2 Å². The van der Waals surface area contributed by atoms with E-state index in [1.165, 1.54) is 6.20 Å². The Balaban J connectivity index is 2.21. The maximum atomic E-state index is 13.3. The van der Waals surface area contributed by atoms with Crippen molar-refractivity contribution in [2.24, 2.45) is 5.73 Å². The van der Waals surface area contributed by atoms with Crippen LogP contribution in [0.5, 0.6) is 11.5 Å². The van der Waals surface area contributed by atoms with Crippen LogP contribution in [0.4, 0.5) is 8.78 Å². The molecule has 0 aliphatic heterocycles. The highest BCUT2D eigenvalue weighted by molar-refractivity contribution is 5.31. The van der Waals surface area contributed by atoms with E-state index < -0.39 is 11.6 Å². The third-order valence-electron chi connectivity index (χ3n) is 2.35. The van der Waals surface area contributed by atoms with Gasteiger partial charge < -0.3 is 10.5 Å². The van der Waals surface area contributed by atoms with Gasteiger partial charge in [-0.3, -0.25) is 4.98 Å². The Hall–Kier alpha value is -2.01. The Bertz CT molecular complexity index is 541. The van der Waals surface area contributed by atoms with E-state index in [1.807, 2.05) is 0 Å². The number of hydrogen-bond donors (Lipinski definition) is 1. The zero-order chi connectivity index (χ0) is 13.1. The van der Waals surface area contributed by atoms with E-state index in [4.69, 9.17) is 10.5 Å². The second kappa shape index (κ2) is 5.10. The number of aromatic nitrogens is 1. The summed E-state index contributed by atoms with van der Waals surface area (Å²) in [7, 11) is 0. The lowest BCUT2D eigenvalue weighted by atomic mass is 10.2. The molecule has 1 aromatic carbocycles. The van der Waals surface area contributed by atoms with Crippen molar-refractivity contribution in [3.63, 3.8) is 0 Å². The van der Waals surface area contributed by atoms with Gasteiger partial charge in [0, 0.05) is 12.1 Å². The Kier molecular flexibility index (Phi) is 3.53. The number of nitrogens with two attached hydrogens (primary N) is 1. The Morgan fingerprint density at radius 3 is 2.61 bits per heavy atom. The number of benzene rings is 1. The van der Waals surface area contributed by atoms with Crippen molar-refractivity contribution in [1.82, 2.24) is 4.98 Å². The standard InChI is InChI=1S/C13H12F2N2O/c1-8(16)12-5-3-10(7-17-12)18-13-6-9(14)2-4-11(13)15/h2-8H,16H2,1H3. The predicted octanol–water partition coefficient (Wildman–Crippen LogP) is 3.17. The first-order valence-electron chi connectivity index (χ1n) is 5.40. The monoisotopic (exact) mass is 250 g/mol. The first-order chi connectivity index (χ1) is 8.56. The molecule has 0 radical (unpaired) electrons. The maximum absolute atomic E-state index is 13.3. The fourth-order valence-corrected chi connectivity index (χ4v) is 1.40. The van der Waals surface area contributed by atoms with Gasteiger partial charge in [-0.2, -0.15) is 0 Å². The molecule has 18 heavy (non-hydrogen) atoms. The van der Waals surface area contributed by atoms with Crippen LogP contribution in [0.25, 0.3) is 0 Å². The van der Waals surface area contributed by atoms with Crippen LogP contribution in [-0.4, -0.2) is 4.98 Å². The van der Waals surface area contributed by atoms with Crippen molar-refractivity contribution in [3.8, 4) is 11.5 Å². The summed E-state index contributed by atoms with van der Waals surface area (Å²) in [4.78, 5) is 4.06. The van der Waals surface area contributed by atoms with Crippen LogP contribution >= 0.6 is 0 Å². The van der Waals surface area contributed by atoms with E-state index in [9.17, 15) is 8.78 Å². The third-order valence-corrected chi connectivity index (χ3v) is 2.35. The molecule has 94 valence electrons. The van der Waals surface area contributed by atoms with Crippen molar-refractivity contribution in [2.75, 3.05) is 0 Å². The highest BCUT2D eigenvalue weighted by atomic mass is 19.1. The van der Waals surface area contributed by atoms with Crippen LogP contribution in [0.3, 0.4) is 0 Å². The molecular formula is C13H12F2N2O. The molecule has 1 atom stereocenters. The zero-order valence-electron chi connectivity index (χ0n) is 9.73. The predicted molar refractivity (Wildman–Crippen MR) is 63.3 cm³/mol. The van der Waals surface area contributed by atoms with Gasteiger partial charge in [0.25, 0.3) is 0 Å². The topological polar surface area (TPSA) is 48.1 Å². The van der Waals surface area contributed by atoms with Crippen LogP contribution in [0.2, 0.25) is 0 Å². The SMILES string of the molecule is CC(N)c1ccc(Oc2cc(F)ccc2F)cn1. The van der Waals surface area contributed by atoms with Crippen molar-refractivity contribution in [3.05, 3.63) is 53.9 Å². The average Bonchev–Trinajstić information content (AvgIpc) is 2.34. The van der Waals surface area contributed by atoms with Crippen LogP contribution in [0, 0.1) is 11.6 Å². The van der Waals surface area contributed by atoms with Gasteiger partial charge in [0.2, 0.25) is 0 Å². The molecule has 0 saturated heterocycles. The molecule has 2 aromatic rings. The van der Waals surface area contributed by atoms with Gasteiger partial charge >= 0.3 is 0 Å². The molecule has 0 spiro atoms. The summed E-state index contributed by atoms with van der Waals surface area (Å²) in [5.41, 5.74) is 6.34. The second-order valence-corrected chi connectivity index (χ2v) is 3.88. The molecule has 0 aliphatic rings. The normalized spacial score (nSPS) is 12.2. The fourth-order valence-electron chi connectivity index (χ4n) is 1.40. The fraction of sp³-hybridized carbons (Fsp3) is 0.154. The van der Waals surface area contributed by atoms with Crippen molar-refractivity contribution in [1.29, 1.82) is 0 Å². The van der Waals surface area contributed by atoms with E-state index in [0.29, 0.717) is 11.4 Å². The zero-order valence-corrected chi connectivity index (χ0v) is 9.73. The van der Waals surface area contributed by atoms with Crippen molar-refractivity contribution in [2.45, 2.75) is 13.0 Å². The summed E-state index contributed by atoms with van der Waals surface area (Å²) in [6, 6.07) is 6.11. The largest absolute Gasteiger partial charge is 0.453 e. The Morgan fingerprint density at radius 1 is 1.22 bits per heavy atom. The minimum Gasteiger partial charge on any atom is -0.453 e. The minimum absolute atomic E-state index is 0.176. The molecule has 0 aliphatic carbocycles. The van der Waals surface area contributed by atoms with Gasteiger partial charge in [0.05, 0.1) is 11.9 Å². The lowest BCUT2D eigenvalue weighted by Gasteiger charge is -2.08. The van der Waals surface area contributed by atoms with Gasteiger partial charge in [0.1, 0.15) is 11.6 Å². The molecular weight excluding hydrogens is 238 g/mol. The number of rotatable bonds is 3. The summed E-state index contributed by atoms with van der Waals surface area (Å²) in [6.45, 7) is 1.80. The first-order valence-corrected chi connectivity index (χ1v) is 5.40. The molecule has 1 heterocycles. The number of hydrogen-bond acceptors (Lipinski definition) is 3. The van der Waals surface area contributed by atoms with Crippen LogP contribution in [-0.2, 0) is 0 Å². The van der Waals surface area contributed by atoms with Crippen LogP contribution < -0.4 is 10.5 Å². The quantitative estimate of drug-likeness (QED) is 0.910. The molecule has 2 N–H and O–H groups in total. The Morgan fingerprint density at radius 2 is 2.00 bits per heavy atom. The summed E-state index contributed by atoms with van der Waals surface area (Å²) in [5, 5.41) is 0. The summed E-state index contributed by atoms with van der Waals surface area (Å²) < 4.78 is 31.5. The van der Waals surface area contributed by atoms with E-state index >= 15 is 0 Å². The molecule has 0 amide bonds. The van der Waals surface area contributed by atoms with Gasteiger partial charge in [-0.15, -0.1) is 0 Å². The molecule has 5 heteroatoms. The van der Waals surface area contributed by atoms with Gasteiger partial charge in [0.15, 0.2) is 11.6 Å². The smallest absolute Gasteiger partial charge is 0.166 e. The highest BCUT2D eigenvalue weighted by Gasteiger charge is 2.07. The third kappa shape index (κ3) is 2.81. The number of nitrogens with zero attached hydrogens (tertiary/aromatic N) is 1. The summed E-state index contributed by atoms with van der Waals surface area (Å²) in [5.74, 6) is -1.05. The van der Waals surface area contributed by atoms with Crippen LogP contribution in [0.15, 0.2) is 36.5 Å². The molecule has 0 fully saturated rings. The lowest BCUT2D eigenvalue weighted by Crippen LogP contribution is -2.06. The van der Waals surface area contributed by atoms with E-state index in [2.05, 4.69) is 4.98 Å². The van der Waals surface area contributed by atoms with E-state index in [-0.39, 0.29) is 11.8 Å². The average molecular weight is 250 g/mol. The summed E-state index contributed by atoms with van der Waals surface area (Å²) >= 11 is 0. The molecule has 3 nitrogen and oxygen atoms in total.